The zero-order chi connectivity index (χ0) is 9.14. The van der Waals surface area contributed by atoms with Crippen molar-refractivity contribution >= 4 is 24.1 Å². The van der Waals surface area contributed by atoms with Gasteiger partial charge in [0.25, 0.3) is 5.91 Å². The molecule has 0 spiro atoms. The van der Waals surface area contributed by atoms with E-state index in [4.69, 9.17) is 0 Å². The number of aliphatic imine (C=N–C) groups is 1. The van der Waals surface area contributed by atoms with Gasteiger partial charge < -0.3 is 4.74 Å². The van der Waals surface area contributed by atoms with Crippen LogP contribution >= 0.6 is 0 Å². The van der Waals surface area contributed by atoms with Crippen molar-refractivity contribution in [2.45, 2.75) is 13.0 Å². The number of carbonyl (C=O) groups is 3. The topological polar surface area (TPSA) is 84.8 Å². The molecule has 1 aliphatic rings. The lowest BCUT2D eigenvalue weighted by Crippen LogP contribution is -2.44. The third-order valence-corrected chi connectivity index (χ3v) is 1.11. The summed E-state index contributed by atoms with van der Waals surface area (Å²) >= 11 is 0. The summed E-state index contributed by atoms with van der Waals surface area (Å²) < 4.78 is 4.50. The first-order chi connectivity index (χ1) is 5.59. The number of hydrogen-bond acceptors (Lipinski definition) is 4. The van der Waals surface area contributed by atoms with Crippen LogP contribution in [0.5, 0.6) is 0 Å². The fourth-order valence-electron chi connectivity index (χ4n) is 0.675. The normalized spacial score (nSPS) is 21.9. The first-order valence-electron chi connectivity index (χ1n) is 3.16. The molecule has 12 heavy (non-hydrogen) atoms. The van der Waals surface area contributed by atoms with Gasteiger partial charge in [0.05, 0.1) is 6.21 Å². The lowest BCUT2D eigenvalue weighted by molar-refractivity contribution is -0.149. The number of imide groups is 1. The Balaban J connectivity index is 2.66. The minimum absolute atomic E-state index is 0.601. The molecule has 0 aromatic carbocycles. The van der Waals surface area contributed by atoms with E-state index in [0.29, 0.717) is 0 Å². The predicted octanol–water partition coefficient (Wildman–Crippen LogP) is -0.761. The maximum absolute atomic E-state index is 10.8. The highest BCUT2D eigenvalue weighted by Gasteiger charge is 2.25. The Bertz CT molecular complexity index is 271. The third kappa shape index (κ3) is 1.88. The van der Waals surface area contributed by atoms with Crippen LogP contribution in [-0.4, -0.2) is 30.2 Å². The van der Waals surface area contributed by atoms with Crippen molar-refractivity contribution < 1.29 is 19.1 Å². The first-order valence-corrected chi connectivity index (χ1v) is 3.16. The molecule has 1 rings (SSSR count). The largest absolute Gasteiger partial charge is 0.446 e. The lowest BCUT2D eigenvalue weighted by atomic mass is 10.3. The van der Waals surface area contributed by atoms with E-state index in [1.807, 2.05) is 5.32 Å². The van der Waals surface area contributed by atoms with Crippen LogP contribution in [-0.2, 0) is 14.3 Å². The number of amides is 3. The highest BCUT2D eigenvalue weighted by molar-refractivity contribution is 6.11. The SMILES string of the molecule is CC(=O)OC1C=NC(=O)NC1=O. The summed E-state index contributed by atoms with van der Waals surface area (Å²) in [6.45, 7) is 1.16. The lowest BCUT2D eigenvalue weighted by Gasteiger charge is -2.13. The van der Waals surface area contributed by atoms with Gasteiger partial charge in [-0.3, -0.25) is 14.9 Å². The van der Waals surface area contributed by atoms with Crippen molar-refractivity contribution in [1.29, 1.82) is 0 Å². The second kappa shape index (κ2) is 3.12. The second-order valence-corrected chi connectivity index (χ2v) is 2.10. The molecule has 0 saturated carbocycles. The molecular formula is C6H6N2O4. The van der Waals surface area contributed by atoms with E-state index in [0.717, 1.165) is 13.1 Å². The van der Waals surface area contributed by atoms with Crippen LogP contribution in [0.3, 0.4) is 0 Å². The van der Waals surface area contributed by atoms with Crippen molar-refractivity contribution in [3.63, 3.8) is 0 Å². The van der Waals surface area contributed by atoms with Crippen molar-refractivity contribution in [2.75, 3.05) is 0 Å². The number of nitrogens with one attached hydrogen (secondary N) is 1. The standard InChI is InChI=1S/C6H6N2O4/c1-3(9)12-4-2-7-6(11)8-5(4)10/h2,4H,1H3,(H,8,10,11). The summed E-state index contributed by atoms with van der Waals surface area (Å²) in [6, 6.07) is -0.747. The van der Waals surface area contributed by atoms with Gasteiger partial charge in [0.1, 0.15) is 0 Å². The van der Waals surface area contributed by atoms with Gasteiger partial charge >= 0.3 is 12.0 Å². The first kappa shape index (κ1) is 8.38. The molecular weight excluding hydrogens is 164 g/mol. The molecule has 0 aromatic heterocycles. The van der Waals surface area contributed by atoms with Gasteiger partial charge in [0, 0.05) is 6.92 Å². The number of urea groups is 1. The van der Waals surface area contributed by atoms with Crippen LogP contribution in [0.1, 0.15) is 6.92 Å². The quantitative estimate of drug-likeness (QED) is 0.524. The van der Waals surface area contributed by atoms with Gasteiger partial charge in [-0.15, -0.1) is 0 Å². The fraction of sp³-hybridized carbons (Fsp3) is 0.333. The predicted molar refractivity (Wildman–Crippen MR) is 37.6 cm³/mol. The van der Waals surface area contributed by atoms with Crippen LogP contribution in [0, 0.1) is 0 Å². The molecule has 1 unspecified atom stereocenters. The van der Waals surface area contributed by atoms with Crippen LogP contribution < -0.4 is 5.32 Å². The highest BCUT2D eigenvalue weighted by atomic mass is 16.5. The Morgan fingerprint density at radius 2 is 2.33 bits per heavy atom. The van der Waals surface area contributed by atoms with Crippen molar-refractivity contribution in [1.82, 2.24) is 5.32 Å². The number of carbonyl (C=O) groups excluding carboxylic acids is 3. The van der Waals surface area contributed by atoms with Gasteiger partial charge in [-0.1, -0.05) is 0 Å². The van der Waals surface area contributed by atoms with Crippen LogP contribution in [0.4, 0.5) is 4.79 Å². The minimum atomic E-state index is -1.08. The van der Waals surface area contributed by atoms with Crippen molar-refractivity contribution in [2.24, 2.45) is 4.99 Å². The summed E-state index contributed by atoms with van der Waals surface area (Å²) in [6.07, 6.45) is -0.0945. The van der Waals surface area contributed by atoms with Crippen LogP contribution in [0.25, 0.3) is 0 Å². The van der Waals surface area contributed by atoms with Crippen LogP contribution in [0.2, 0.25) is 0 Å². The number of ether oxygens (including phenoxy) is 1. The summed E-state index contributed by atoms with van der Waals surface area (Å²) in [5.74, 6) is -1.28. The molecule has 0 aromatic rings. The third-order valence-electron chi connectivity index (χ3n) is 1.11. The second-order valence-electron chi connectivity index (χ2n) is 2.10. The number of esters is 1. The van der Waals surface area contributed by atoms with E-state index in [-0.39, 0.29) is 0 Å². The summed E-state index contributed by atoms with van der Waals surface area (Å²) in [5.41, 5.74) is 0. The van der Waals surface area contributed by atoms with Gasteiger partial charge in [0.2, 0.25) is 6.10 Å². The van der Waals surface area contributed by atoms with Gasteiger partial charge in [-0.2, -0.15) is 0 Å². The molecule has 0 bridgehead atoms. The van der Waals surface area contributed by atoms with E-state index >= 15 is 0 Å². The minimum Gasteiger partial charge on any atom is -0.446 e. The van der Waals surface area contributed by atoms with E-state index in [1.54, 1.807) is 0 Å². The van der Waals surface area contributed by atoms with Gasteiger partial charge in [0.15, 0.2) is 0 Å². The summed E-state index contributed by atoms with van der Waals surface area (Å²) in [4.78, 5) is 34.9. The molecule has 6 heteroatoms. The van der Waals surface area contributed by atoms with Gasteiger partial charge in [-0.25, -0.2) is 9.79 Å². The monoisotopic (exact) mass is 170 g/mol. The Hall–Kier alpha value is -1.72. The molecule has 0 fully saturated rings. The number of nitrogens with zero attached hydrogens (tertiary/aromatic N) is 1. The zero-order valence-corrected chi connectivity index (χ0v) is 6.23. The molecule has 0 saturated heterocycles. The molecule has 6 nitrogen and oxygen atoms in total. The highest BCUT2D eigenvalue weighted by Crippen LogP contribution is 1.95. The van der Waals surface area contributed by atoms with Crippen molar-refractivity contribution in [3.05, 3.63) is 0 Å². The van der Waals surface area contributed by atoms with Crippen molar-refractivity contribution in [3.8, 4) is 0 Å². The summed E-state index contributed by atoms with van der Waals surface area (Å²) in [7, 11) is 0. The zero-order valence-electron chi connectivity index (χ0n) is 6.23. The molecule has 64 valence electrons. The van der Waals surface area contributed by atoms with E-state index in [1.165, 1.54) is 0 Å². The van der Waals surface area contributed by atoms with E-state index in [2.05, 4.69) is 9.73 Å². The number of rotatable bonds is 1. The Labute approximate surface area is 67.6 Å². The molecule has 0 aliphatic carbocycles. The average Bonchev–Trinajstić information content (AvgIpc) is 1.94. The average molecular weight is 170 g/mol. The fourth-order valence-corrected chi connectivity index (χ4v) is 0.675. The Morgan fingerprint density at radius 1 is 1.67 bits per heavy atom. The molecule has 1 aliphatic heterocycles. The summed E-state index contributed by atoms with van der Waals surface area (Å²) in [5, 5.41) is 1.88. The van der Waals surface area contributed by atoms with Gasteiger partial charge in [-0.05, 0) is 0 Å². The van der Waals surface area contributed by atoms with Crippen LogP contribution in [0.15, 0.2) is 4.99 Å². The Morgan fingerprint density at radius 3 is 2.83 bits per heavy atom. The molecule has 0 radical (unpaired) electrons. The van der Waals surface area contributed by atoms with E-state index in [9.17, 15) is 14.4 Å². The molecule has 1 N–H and O–H groups in total. The van der Waals surface area contributed by atoms with E-state index < -0.39 is 24.0 Å². The maximum atomic E-state index is 10.8. The Kier molecular flexibility index (Phi) is 2.18. The molecule has 1 heterocycles. The molecule has 1 atom stereocenters. The maximum Gasteiger partial charge on any atom is 0.347 e. The number of hydrogen-bond donors (Lipinski definition) is 1. The molecule has 3 amide bonds. The smallest absolute Gasteiger partial charge is 0.347 e.